The Morgan fingerprint density at radius 1 is 1.00 bits per heavy atom. The number of carboxylic acids is 2. The Morgan fingerprint density at radius 2 is 1.64 bits per heavy atom. The van der Waals surface area contributed by atoms with E-state index in [1.54, 1.807) is 12.1 Å². The van der Waals surface area contributed by atoms with Crippen molar-refractivity contribution in [1.29, 1.82) is 0 Å². The van der Waals surface area contributed by atoms with Crippen LogP contribution < -0.4 is 0 Å². The fourth-order valence-electron chi connectivity index (χ4n) is 3.94. The molecule has 9 heteroatoms. The number of aliphatic carboxylic acids is 2. The summed E-state index contributed by atoms with van der Waals surface area (Å²) in [6.07, 6.45) is 7.09. The number of carbonyl (C=O) groups is 3. The van der Waals surface area contributed by atoms with Gasteiger partial charge in [0.2, 0.25) is 5.91 Å². The van der Waals surface area contributed by atoms with Crippen molar-refractivity contribution in [1.82, 2.24) is 9.80 Å². The highest BCUT2D eigenvalue weighted by atomic mass is 35.5. The number of halogens is 2. The molecule has 0 saturated carbocycles. The minimum Gasteiger partial charge on any atom is -0.478 e. The largest absolute Gasteiger partial charge is 0.478 e. The Kier molecular flexibility index (Phi) is 10.9. The number of piperidine rings is 2. The van der Waals surface area contributed by atoms with Crippen LogP contribution >= 0.6 is 23.2 Å². The molecule has 0 bridgehead atoms. The van der Waals surface area contributed by atoms with E-state index < -0.39 is 11.9 Å². The van der Waals surface area contributed by atoms with Crippen molar-refractivity contribution < 1.29 is 24.6 Å². The third kappa shape index (κ3) is 9.58. The molecule has 2 heterocycles. The van der Waals surface area contributed by atoms with Crippen LogP contribution in [0.5, 0.6) is 0 Å². The SMILES string of the molecule is C=C1CCN(CC2CCCCN2C(=O)Cc2ccc(Cl)c(Cl)c2)CC1.O=C(O)C=CC(=O)O. The van der Waals surface area contributed by atoms with Crippen molar-refractivity contribution in [3.05, 3.63) is 58.1 Å². The second-order valence-corrected chi connectivity index (χ2v) is 9.04. The summed E-state index contributed by atoms with van der Waals surface area (Å²) in [5.74, 6) is -2.32. The molecule has 2 fully saturated rings. The number of likely N-dealkylation sites (tertiary alicyclic amines) is 2. The van der Waals surface area contributed by atoms with Gasteiger partial charge in [-0.15, -0.1) is 0 Å². The second-order valence-electron chi connectivity index (χ2n) is 8.22. The van der Waals surface area contributed by atoms with Crippen molar-refractivity contribution in [3.63, 3.8) is 0 Å². The summed E-state index contributed by atoms with van der Waals surface area (Å²) < 4.78 is 0. The normalized spacial score (nSPS) is 19.2. The second kappa shape index (κ2) is 13.4. The molecule has 1 unspecified atom stereocenters. The average Bonchev–Trinajstić information content (AvgIpc) is 2.77. The molecule has 0 aromatic heterocycles. The lowest BCUT2D eigenvalue weighted by atomic mass is 9.98. The van der Waals surface area contributed by atoms with Crippen molar-refractivity contribution >= 4 is 41.0 Å². The van der Waals surface area contributed by atoms with Gasteiger partial charge in [-0.05, 0) is 49.8 Å². The van der Waals surface area contributed by atoms with Gasteiger partial charge in [0, 0.05) is 44.4 Å². The van der Waals surface area contributed by atoms with Gasteiger partial charge in [-0.3, -0.25) is 4.79 Å². The molecule has 0 aliphatic carbocycles. The molecule has 2 aliphatic heterocycles. The van der Waals surface area contributed by atoms with Gasteiger partial charge in [-0.2, -0.15) is 0 Å². The molecule has 2 aliphatic rings. The van der Waals surface area contributed by atoms with Crippen molar-refractivity contribution in [2.45, 2.75) is 44.6 Å². The zero-order chi connectivity index (χ0) is 24.4. The van der Waals surface area contributed by atoms with Gasteiger partial charge < -0.3 is 20.0 Å². The zero-order valence-corrected chi connectivity index (χ0v) is 20.0. The zero-order valence-electron chi connectivity index (χ0n) is 18.5. The molecule has 1 atom stereocenters. The van der Waals surface area contributed by atoms with E-state index in [1.807, 2.05) is 6.07 Å². The Morgan fingerprint density at radius 3 is 2.21 bits per heavy atom. The van der Waals surface area contributed by atoms with Crippen LogP contribution in [0.3, 0.4) is 0 Å². The Balaban J connectivity index is 0.000000414. The van der Waals surface area contributed by atoms with Crippen LogP contribution in [0.1, 0.15) is 37.7 Å². The van der Waals surface area contributed by atoms with Gasteiger partial charge in [-0.1, -0.05) is 41.4 Å². The molecule has 2 N–H and O–H groups in total. The van der Waals surface area contributed by atoms with Gasteiger partial charge in [0.1, 0.15) is 0 Å². The van der Waals surface area contributed by atoms with E-state index in [0.29, 0.717) is 34.7 Å². The minimum absolute atomic E-state index is 0.199. The van der Waals surface area contributed by atoms with Gasteiger partial charge in [-0.25, -0.2) is 9.59 Å². The van der Waals surface area contributed by atoms with Crippen LogP contribution in [0.2, 0.25) is 10.0 Å². The maximum atomic E-state index is 12.9. The summed E-state index contributed by atoms with van der Waals surface area (Å²) in [6.45, 7) is 8.09. The van der Waals surface area contributed by atoms with Crippen LogP contribution in [-0.4, -0.2) is 70.1 Å². The van der Waals surface area contributed by atoms with Crippen LogP contribution in [0.25, 0.3) is 0 Å². The maximum Gasteiger partial charge on any atom is 0.328 e. The van der Waals surface area contributed by atoms with E-state index in [0.717, 1.165) is 57.4 Å². The van der Waals surface area contributed by atoms with E-state index in [9.17, 15) is 14.4 Å². The number of nitrogens with zero attached hydrogens (tertiary/aromatic N) is 2. The molecule has 33 heavy (non-hydrogen) atoms. The third-order valence-electron chi connectivity index (χ3n) is 5.69. The molecule has 1 amide bonds. The number of carboxylic acid groups (broad SMARTS) is 2. The number of carbonyl (C=O) groups excluding carboxylic acids is 1. The molecule has 1 aromatic carbocycles. The highest BCUT2D eigenvalue weighted by Crippen LogP contribution is 2.25. The fourth-order valence-corrected chi connectivity index (χ4v) is 4.26. The van der Waals surface area contributed by atoms with Gasteiger partial charge in [0.25, 0.3) is 0 Å². The van der Waals surface area contributed by atoms with Crippen molar-refractivity contribution in [2.75, 3.05) is 26.2 Å². The third-order valence-corrected chi connectivity index (χ3v) is 6.43. The smallest absolute Gasteiger partial charge is 0.328 e. The lowest BCUT2D eigenvalue weighted by Crippen LogP contribution is -2.50. The number of amides is 1. The lowest BCUT2D eigenvalue weighted by molar-refractivity contribution is -0.134. The van der Waals surface area contributed by atoms with E-state index >= 15 is 0 Å². The van der Waals surface area contributed by atoms with E-state index in [1.165, 1.54) is 12.0 Å². The Hall–Kier alpha value is -2.35. The van der Waals surface area contributed by atoms with Crippen LogP contribution in [0, 0.1) is 0 Å². The first kappa shape index (κ1) is 26.9. The van der Waals surface area contributed by atoms with Crippen LogP contribution in [0.15, 0.2) is 42.5 Å². The van der Waals surface area contributed by atoms with Crippen molar-refractivity contribution in [3.8, 4) is 0 Å². The maximum absolute atomic E-state index is 12.9. The molecule has 0 spiro atoms. The lowest BCUT2D eigenvalue weighted by Gasteiger charge is -2.40. The molecule has 2 saturated heterocycles. The average molecular weight is 497 g/mol. The van der Waals surface area contributed by atoms with Gasteiger partial charge >= 0.3 is 11.9 Å². The van der Waals surface area contributed by atoms with Gasteiger partial charge in [0.05, 0.1) is 16.5 Å². The predicted molar refractivity (Wildman–Crippen MR) is 129 cm³/mol. The predicted octanol–water partition coefficient (Wildman–Crippen LogP) is 4.28. The molecular weight excluding hydrogens is 467 g/mol. The Labute approximate surface area is 204 Å². The molecule has 1 aromatic rings. The molecule has 180 valence electrons. The number of hydrogen-bond donors (Lipinski definition) is 2. The first-order valence-corrected chi connectivity index (χ1v) is 11.7. The minimum atomic E-state index is -1.26. The summed E-state index contributed by atoms with van der Waals surface area (Å²) in [7, 11) is 0. The summed E-state index contributed by atoms with van der Waals surface area (Å²) >= 11 is 12.1. The van der Waals surface area contributed by atoms with Crippen molar-refractivity contribution in [2.24, 2.45) is 0 Å². The van der Waals surface area contributed by atoms with E-state index in [2.05, 4.69) is 16.4 Å². The topological polar surface area (TPSA) is 98.2 Å². The highest BCUT2D eigenvalue weighted by Gasteiger charge is 2.29. The summed E-state index contributed by atoms with van der Waals surface area (Å²) in [6, 6.07) is 5.79. The standard InChI is InChI=1S/C20H26Cl2N2O.C4H4O4/c1-15-7-10-23(11-8-15)14-17-4-2-3-9-24(17)20(25)13-16-5-6-18(21)19(22)12-16;5-3(6)1-2-4(7)8/h5-6,12,17H,1-4,7-11,13-14H2;1-2H,(H,5,6)(H,7,8). The fraction of sp³-hybridized carbons (Fsp3) is 0.458. The quantitative estimate of drug-likeness (QED) is 0.450. The summed E-state index contributed by atoms with van der Waals surface area (Å²) in [5, 5.41) is 16.7. The van der Waals surface area contributed by atoms with E-state index in [-0.39, 0.29) is 5.91 Å². The number of hydrogen-bond acceptors (Lipinski definition) is 4. The highest BCUT2D eigenvalue weighted by molar-refractivity contribution is 6.42. The first-order valence-electron chi connectivity index (χ1n) is 10.9. The molecule has 7 nitrogen and oxygen atoms in total. The number of benzene rings is 1. The van der Waals surface area contributed by atoms with Crippen LogP contribution in [0.4, 0.5) is 0 Å². The van der Waals surface area contributed by atoms with E-state index in [4.69, 9.17) is 33.4 Å². The molecule has 3 rings (SSSR count). The summed E-state index contributed by atoms with van der Waals surface area (Å²) in [5.41, 5.74) is 2.28. The monoisotopic (exact) mass is 496 g/mol. The first-order chi connectivity index (χ1) is 15.7. The molecule has 0 radical (unpaired) electrons. The Bertz CT molecular complexity index is 877. The summed E-state index contributed by atoms with van der Waals surface area (Å²) in [4.78, 5) is 36.6. The van der Waals surface area contributed by atoms with Crippen LogP contribution in [-0.2, 0) is 20.8 Å². The van der Waals surface area contributed by atoms with Gasteiger partial charge in [0.15, 0.2) is 0 Å². The number of rotatable bonds is 6. The molecular formula is C24H30Cl2N2O5.